The number of hydrogen-bond donors (Lipinski definition) is 1. The molecule has 0 atom stereocenters. The number of thiophene rings is 1. The second-order valence-corrected chi connectivity index (χ2v) is 7.18. The van der Waals surface area contributed by atoms with Gasteiger partial charge in [0.15, 0.2) is 0 Å². The first-order valence-electron chi connectivity index (χ1n) is 9.22. The van der Waals surface area contributed by atoms with Crippen LogP contribution in [0.3, 0.4) is 0 Å². The molecule has 0 aliphatic carbocycles. The summed E-state index contributed by atoms with van der Waals surface area (Å²) in [5.74, 6) is -0.610. The molecule has 2 heterocycles. The maximum absolute atomic E-state index is 12.4. The number of aryl methyl sites for hydroxylation is 1. The minimum Gasteiger partial charge on any atom is -0.462 e. The summed E-state index contributed by atoms with van der Waals surface area (Å²) in [7, 11) is 0. The molecule has 1 saturated heterocycles. The average Bonchev–Trinajstić information content (AvgIpc) is 3.05. The fourth-order valence-electron chi connectivity index (χ4n) is 2.74. The van der Waals surface area contributed by atoms with Crippen LogP contribution in [0, 0.1) is 0 Å². The second kappa shape index (κ2) is 10.3. The third-order valence-corrected chi connectivity index (χ3v) is 5.34. The highest BCUT2D eigenvalue weighted by Gasteiger charge is 2.24. The zero-order valence-electron chi connectivity index (χ0n) is 16.1. The zero-order chi connectivity index (χ0) is 19.8. The van der Waals surface area contributed by atoms with E-state index in [9.17, 15) is 14.4 Å². The van der Waals surface area contributed by atoms with E-state index >= 15 is 0 Å². The molecule has 1 fully saturated rings. The molecule has 8 nitrogen and oxygen atoms in total. The van der Waals surface area contributed by atoms with E-state index in [1.807, 2.05) is 11.8 Å². The van der Waals surface area contributed by atoms with Crippen molar-refractivity contribution in [2.24, 2.45) is 0 Å². The molecule has 27 heavy (non-hydrogen) atoms. The van der Waals surface area contributed by atoms with E-state index in [0.29, 0.717) is 43.4 Å². The van der Waals surface area contributed by atoms with Crippen LogP contribution in [0.2, 0.25) is 0 Å². The molecule has 2 rings (SSSR count). The molecule has 1 aliphatic heterocycles. The van der Waals surface area contributed by atoms with E-state index < -0.39 is 5.97 Å². The summed E-state index contributed by atoms with van der Waals surface area (Å²) in [5, 5.41) is 3.37. The molecule has 1 aliphatic rings. The van der Waals surface area contributed by atoms with Crippen LogP contribution < -0.4 is 5.32 Å². The third kappa shape index (κ3) is 5.93. The van der Waals surface area contributed by atoms with Crippen LogP contribution in [0.4, 0.5) is 9.80 Å². The first kappa shape index (κ1) is 21.2. The topological polar surface area (TPSA) is 88.2 Å². The Labute approximate surface area is 163 Å². The van der Waals surface area contributed by atoms with E-state index in [2.05, 4.69) is 5.32 Å². The van der Waals surface area contributed by atoms with E-state index in [-0.39, 0.29) is 25.2 Å². The lowest BCUT2D eigenvalue weighted by Crippen LogP contribution is -2.50. The number of ether oxygens (including phenoxy) is 2. The van der Waals surface area contributed by atoms with E-state index in [0.717, 1.165) is 11.3 Å². The Morgan fingerprint density at radius 1 is 1.07 bits per heavy atom. The van der Waals surface area contributed by atoms with Gasteiger partial charge in [-0.1, -0.05) is 6.92 Å². The number of carbonyl (C=O) groups is 3. The van der Waals surface area contributed by atoms with Crippen LogP contribution in [0.5, 0.6) is 0 Å². The number of nitrogens with one attached hydrogen (secondary N) is 1. The molecule has 0 aromatic carbocycles. The summed E-state index contributed by atoms with van der Waals surface area (Å²) < 4.78 is 10.1. The Balaban J connectivity index is 1.90. The quantitative estimate of drug-likeness (QED) is 0.710. The summed E-state index contributed by atoms with van der Waals surface area (Å²) in [6, 6.07) is 1.77. The van der Waals surface area contributed by atoms with Crippen LogP contribution in [0.25, 0.3) is 0 Å². The lowest BCUT2D eigenvalue weighted by molar-refractivity contribution is -0.117. The average molecular weight is 397 g/mol. The molecule has 1 N–H and O–H groups in total. The number of esters is 1. The van der Waals surface area contributed by atoms with Crippen LogP contribution in [0.15, 0.2) is 6.07 Å². The van der Waals surface area contributed by atoms with E-state index in [1.165, 1.54) is 11.3 Å². The Kier molecular flexibility index (Phi) is 8.05. The van der Waals surface area contributed by atoms with Gasteiger partial charge in [0.05, 0.1) is 25.3 Å². The fourth-order valence-corrected chi connectivity index (χ4v) is 3.74. The van der Waals surface area contributed by atoms with Crippen molar-refractivity contribution >= 4 is 34.3 Å². The van der Waals surface area contributed by atoms with Crippen LogP contribution in [0.1, 0.15) is 36.0 Å². The number of nitrogens with zero attached hydrogens (tertiary/aromatic N) is 2. The number of carbonyl (C=O) groups excluding carboxylic acids is 3. The molecular formula is C18H27N3O5S. The minimum absolute atomic E-state index is 0.186. The van der Waals surface area contributed by atoms with Gasteiger partial charge in [-0.25, -0.2) is 9.59 Å². The van der Waals surface area contributed by atoms with Crippen molar-refractivity contribution in [3.8, 4) is 0 Å². The number of hydrogen-bond acceptors (Lipinski definition) is 7. The molecule has 1 aromatic rings. The Morgan fingerprint density at radius 2 is 1.74 bits per heavy atom. The standard InChI is InChI=1S/C18H27N3O5S/c1-4-13-11-14(17(23)25-5-2)16(27-13)19-15(22)12-20-7-9-21(10-8-20)18(24)26-6-3/h11H,4-10,12H2,1-3H3,(H,19,22). The van der Waals surface area contributed by atoms with Gasteiger partial charge in [0.1, 0.15) is 5.00 Å². The van der Waals surface area contributed by atoms with Crippen molar-refractivity contribution in [2.45, 2.75) is 27.2 Å². The Bertz CT molecular complexity index is 668. The number of anilines is 1. The molecule has 1 aromatic heterocycles. The predicted octanol–water partition coefficient (Wildman–Crippen LogP) is 2.20. The van der Waals surface area contributed by atoms with Gasteiger partial charge >= 0.3 is 12.1 Å². The van der Waals surface area contributed by atoms with Crippen LogP contribution in [-0.4, -0.2) is 73.7 Å². The van der Waals surface area contributed by atoms with Crippen molar-refractivity contribution in [2.75, 3.05) is 51.3 Å². The van der Waals surface area contributed by atoms with Crippen molar-refractivity contribution in [3.05, 3.63) is 16.5 Å². The van der Waals surface area contributed by atoms with Gasteiger partial charge in [0.2, 0.25) is 5.91 Å². The highest BCUT2D eigenvalue weighted by molar-refractivity contribution is 7.16. The van der Waals surface area contributed by atoms with Gasteiger partial charge in [-0.2, -0.15) is 0 Å². The lowest BCUT2D eigenvalue weighted by Gasteiger charge is -2.33. The van der Waals surface area contributed by atoms with Crippen LogP contribution in [-0.2, 0) is 20.7 Å². The second-order valence-electron chi connectivity index (χ2n) is 6.04. The maximum Gasteiger partial charge on any atom is 0.409 e. The van der Waals surface area contributed by atoms with Gasteiger partial charge in [-0.3, -0.25) is 9.69 Å². The highest BCUT2D eigenvalue weighted by Crippen LogP contribution is 2.29. The summed E-state index contributed by atoms with van der Waals surface area (Å²) in [4.78, 5) is 40.9. The first-order valence-corrected chi connectivity index (χ1v) is 10.0. The van der Waals surface area contributed by atoms with Crippen molar-refractivity contribution in [1.29, 1.82) is 0 Å². The Hall–Kier alpha value is -2.13. The molecule has 150 valence electrons. The smallest absolute Gasteiger partial charge is 0.409 e. The van der Waals surface area contributed by atoms with Gasteiger partial charge in [-0.05, 0) is 26.3 Å². The third-order valence-electron chi connectivity index (χ3n) is 4.15. The van der Waals surface area contributed by atoms with Gasteiger partial charge in [0.25, 0.3) is 0 Å². The van der Waals surface area contributed by atoms with E-state index in [4.69, 9.17) is 9.47 Å². The molecule has 2 amide bonds. The lowest BCUT2D eigenvalue weighted by atomic mass is 10.2. The zero-order valence-corrected chi connectivity index (χ0v) is 16.9. The number of amides is 2. The minimum atomic E-state index is -0.424. The number of piperazine rings is 1. The molecular weight excluding hydrogens is 370 g/mol. The molecule has 0 bridgehead atoms. The number of rotatable bonds is 7. The van der Waals surface area contributed by atoms with Gasteiger partial charge in [-0.15, -0.1) is 11.3 Å². The maximum atomic E-state index is 12.4. The summed E-state index contributed by atoms with van der Waals surface area (Å²) in [6.45, 7) is 8.62. The molecule has 0 radical (unpaired) electrons. The first-order chi connectivity index (χ1) is 13.0. The van der Waals surface area contributed by atoms with E-state index in [1.54, 1.807) is 24.8 Å². The summed E-state index contributed by atoms with van der Waals surface area (Å²) in [6.07, 6.45) is 0.467. The summed E-state index contributed by atoms with van der Waals surface area (Å²) in [5.41, 5.74) is 0.402. The molecule has 9 heteroatoms. The Morgan fingerprint density at radius 3 is 2.33 bits per heavy atom. The highest BCUT2D eigenvalue weighted by atomic mass is 32.1. The fraction of sp³-hybridized carbons (Fsp3) is 0.611. The van der Waals surface area contributed by atoms with Crippen molar-refractivity contribution in [1.82, 2.24) is 9.80 Å². The van der Waals surface area contributed by atoms with Gasteiger partial charge < -0.3 is 19.7 Å². The monoisotopic (exact) mass is 397 g/mol. The normalized spacial score (nSPS) is 14.7. The predicted molar refractivity (Wildman–Crippen MR) is 103 cm³/mol. The summed E-state index contributed by atoms with van der Waals surface area (Å²) >= 11 is 1.39. The van der Waals surface area contributed by atoms with Crippen molar-refractivity contribution < 1.29 is 23.9 Å². The largest absolute Gasteiger partial charge is 0.462 e. The molecule has 0 spiro atoms. The van der Waals surface area contributed by atoms with Crippen LogP contribution >= 0.6 is 11.3 Å². The molecule has 0 saturated carbocycles. The van der Waals surface area contributed by atoms with Crippen molar-refractivity contribution in [3.63, 3.8) is 0 Å². The molecule has 0 unspecified atom stereocenters. The van der Waals surface area contributed by atoms with Gasteiger partial charge in [0, 0.05) is 31.1 Å². The SMILES string of the molecule is CCOC(=O)c1cc(CC)sc1NC(=O)CN1CCN(C(=O)OCC)CC1.